The first-order chi connectivity index (χ1) is 7.10. The van der Waals surface area contributed by atoms with Crippen LogP contribution in [0, 0.1) is 0 Å². The van der Waals surface area contributed by atoms with Gasteiger partial charge >= 0.3 is 0 Å². The molecule has 1 aromatic heterocycles. The second-order valence-electron chi connectivity index (χ2n) is 4.05. The van der Waals surface area contributed by atoms with Crippen LogP contribution in [0.1, 0.15) is 32.5 Å². The minimum Gasteiger partial charge on any atom is -0.381 e. The van der Waals surface area contributed by atoms with Crippen molar-refractivity contribution >= 4 is 0 Å². The predicted octanol–water partition coefficient (Wildman–Crippen LogP) is 0.885. The maximum absolute atomic E-state index is 5.62. The Morgan fingerprint density at radius 1 is 1.47 bits per heavy atom. The van der Waals surface area contributed by atoms with E-state index in [1.54, 1.807) is 0 Å². The normalized spacial score (nSPS) is 12.0. The average molecular weight is 213 g/mol. The van der Waals surface area contributed by atoms with Gasteiger partial charge in [-0.25, -0.2) is 0 Å². The summed E-state index contributed by atoms with van der Waals surface area (Å²) < 4.78 is 10.4. The molecule has 5 heteroatoms. The van der Waals surface area contributed by atoms with Gasteiger partial charge in [0.15, 0.2) is 5.82 Å². The molecule has 1 heterocycles. The monoisotopic (exact) mass is 213 g/mol. The highest BCUT2D eigenvalue weighted by Gasteiger charge is 2.25. The maximum atomic E-state index is 5.62. The van der Waals surface area contributed by atoms with E-state index in [1.807, 2.05) is 20.8 Å². The third-order valence-corrected chi connectivity index (χ3v) is 2.23. The molecule has 0 aliphatic rings. The average Bonchev–Trinajstić information content (AvgIpc) is 2.68. The molecule has 0 radical (unpaired) electrons. The summed E-state index contributed by atoms with van der Waals surface area (Å²) in [5, 5.41) is 3.88. The summed E-state index contributed by atoms with van der Waals surface area (Å²) in [6.07, 6.45) is 0.679. The van der Waals surface area contributed by atoms with Gasteiger partial charge in [0.1, 0.15) is 0 Å². The molecule has 0 saturated heterocycles. The van der Waals surface area contributed by atoms with Crippen molar-refractivity contribution in [2.24, 2.45) is 5.73 Å². The molecule has 0 amide bonds. The van der Waals surface area contributed by atoms with Crippen molar-refractivity contribution in [3.8, 4) is 0 Å². The molecule has 1 aromatic rings. The summed E-state index contributed by atoms with van der Waals surface area (Å²) in [6.45, 7) is 7.73. The topological polar surface area (TPSA) is 74.2 Å². The van der Waals surface area contributed by atoms with Crippen LogP contribution < -0.4 is 5.73 Å². The van der Waals surface area contributed by atoms with E-state index in [4.69, 9.17) is 15.0 Å². The number of nitrogens with zero attached hydrogens (tertiary/aromatic N) is 2. The van der Waals surface area contributed by atoms with Gasteiger partial charge < -0.3 is 15.0 Å². The van der Waals surface area contributed by atoms with Crippen LogP contribution in [0.5, 0.6) is 0 Å². The van der Waals surface area contributed by atoms with Crippen LogP contribution in [0.3, 0.4) is 0 Å². The summed E-state index contributed by atoms with van der Waals surface area (Å²) in [4.78, 5) is 4.29. The molecule has 5 nitrogen and oxygen atoms in total. The number of nitrogens with two attached hydrogens (primary N) is 1. The molecule has 0 aromatic carbocycles. The minimum atomic E-state index is -0.253. The van der Waals surface area contributed by atoms with E-state index in [9.17, 15) is 0 Å². The lowest BCUT2D eigenvalue weighted by Crippen LogP contribution is -2.28. The van der Waals surface area contributed by atoms with E-state index in [1.165, 1.54) is 0 Å². The number of hydrogen-bond donors (Lipinski definition) is 1. The molecule has 0 aliphatic heterocycles. The van der Waals surface area contributed by atoms with Crippen LogP contribution in [-0.4, -0.2) is 29.9 Å². The fourth-order valence-corrected chi connectivity index (χ4v) is 1.03. The second kappa shape index (κ2) is 5.23. The van der Waals surface area contributed by atoms with Gasteiger partial charge in [-0.15, -0.1) is 0 Å². The molecular weight excluding hydrogens is 194 g/mol. The quantitative estimate of drug-likeness (QED) is 0.710. The fourth-order valence-electron chi connectivity index (χ4n) is 1.03. The Balaban J connectivity index is 2.56. The van der Waals surface area contributed by atoms with Gasteiger partial charge in [-0.05, 0) is 20.8 Å². The standard InChI is InChI=1S/C10H19N3O2/c1-4-14-6-5-8-12-9(15-13-8)10(2,3)7-11/h4-7,11H2,1-3H3. The Morgan fingerprint density at radius 3 is 2.80 bits per heavy atom. The summed E-state index contributed by atoms with van der Waals surface area (Å²) in [7, 11) is 0. The second-order valence-corrected chi connectivity index (χ2v) is 4.05. The molecule has 1 rings (SSSR count). The van der Waals surface area contributed by atoms with Gasteiger partial charge in [0, 0.05) is 19.6 Å². The van der Waals surface area contributed by atoms with Crippen molar-refractivity contribution in [2.75, 3.05) is 19.8 Å². The lowest BCUT2D eigenvalue weighted by atomic mass is 9.94. The Bertz CT molecular complexity index is 297. The molecule has 0 atom stereocenters. The van der Waals surface area contributed by atoms with Crippen molar-refractivity contribution < 1.29 is 9.26 Å². The highest BCUT2D eigenvalue weighted by atomic mass is 16.5. The lowest BCUT2D eigenvalue weighted by molar-refractivity contribution is 0.149. The molecule has 0 unspecified atom stereocenters. The number of aromatic nitrogens is 2. The van der Waals surface area contributed by atoms with Crippen molar-refractivity contribution in [1.82, 2.24) is 10.1 Å². The van der Waals surface area contributed by atoms with E-state index in [-0.39, 0.29) is 5.41 Å². The third-order valence-electron chi connectivity index (χ3n) is 2.23. The zero-order valence-electron chi connectivity index (χ0n) is 9.62. The summed E-state index contributed by atoms with van der Waals surface area (Å²) in [5.74, 6) is 1.27. The van der Waals surface area contributed by atoms with Crippen LogP contribution in [-0.2, 0) is 16.6 Å². The molecular formula is C10H19N3O2. The van der Waals surface area contributed by atoms with E-state index in [2.05, 4.69) is 10.1 Å². The summed E-state index contributed by atoms with van der Waals surface area (Å²) in [6, 6.07) is 0. The van der Waals surface area contributed by atoms with Crippen LogP contribution >= 0.6 is 0 Å². The number of ether oxygens (including phenoxy) is 1. The van der Waals surface area contributed by atoms with Gasteiger partial charge in [0.05, 0.1) is 12.0 Å². The first-order valence-corrected chi connectivity index (χ1v) is 5.21. The van der Waals surface area contributed by atoms with Crippen LogP contribution in [0.15, 0.2) is 4.52 Å². The van der Waals surface area contributed by atoms with Gasteiger partial charge in [-0.3, -0.25) is 0 Å². The number of rotatable bonds is 6. The zero-order valence-corrected chi connectivity index (χ0v) is 9.62. The summed E-state index contributed by atoms with van der Waals surface area (Å²) in [5.41, 5.74) is 5.36. The minimum absolute atomic E-state index is 0.253. The number of hydrogen-bond acceptors (Lipinski definition) is 5. The highest BCUT2D eigenvalue weighted by Crippen LogP contribution is 2.19. The van der Waals surface area contributed by atoms with Gasteiger partial charge in [-0.1, -0.05) is 5.16 Å². The van der Waals surface area contributed by atoms with E-state index in [0.29, 0.717) is 37.9 Å². The molecule has 0 bridgehead atoms. The molecule has 2 N–H and O–H groups in total. The van der Waals surface area contributed by atoms with Crippen LogP contribution in [0.2, 0.25) is 0 Å². The van der Waals surface area contributed by atoms with E-state index in [0.717, 1.165) is 0 Å². The van der Waals surface area contributed by atoms with Gasteiger partial charge in [0.2, 0.25) is 5.89 Å². The highest BCUT2D eigenvalue weighted by molar-refractivity contribution is 5.01. The van der Waals surface area contributed by atoms with Gasteiger partial charge in [-0.2, -0.15) is 4.98 Å². The van der Waals surface area contributed by atoms with E-state index >= 15 is 0 Å². The van der Waals surface area contributed by atoms with Crippen molar-refractivity contribution in [3.63, 3.8) is 0 Å². The molecule has 0 fully saturated rings. The Kier molecular flexibility index (Phi) is 4.23. The molecule has 86 valence electrons. The smallest absolute Gasteiger partial charge is 0.233 e. The first kappa shape index (κ1) is 12.1. The predicted molar refractivity (Wildman–Crippen MR) is 56.6 cm³/mol. The van der Waals surface area contributed by atoms with E-state index < -0.39 is 0 Å². The molecule has 0 spiro atoms. The van der Waals surface area contributed by atoms with Crippen LogP contribution in [0.4, 0.5) is 0 Å². The van der Waals surface area contributed by atoms with Crippen molar-refractivity contribution in [2.45, 2.75) is 32.6 Å². The lowest BCUT2D eigenvalue weighted by Gasteiger charge is -2.15. The van der Waals surface area contributed by atoms with Crippen LogP contribution in [0.25, 0.3) is 0 Å². The third kappa shape index (κ3) is 3.28. The Labute approximate surface area is 90.0 Å². The first-order valence-electron chi connectivity index (χ1n) is 5.21. The van der Waals surface area contributed by atoms with Crippen molar-refractivity contribution in [3.05, 3.63) is 11.7 Å². The largest absolute Gasteiger partial charge is 0.381 e. The molecule has 15 heavy (non-hydrogen) atoms. The molecule has 0 aliphatic carbocycles. The Morgan fingerprint density at radius 2 is 2.20 bits per heavy atom. The fraction of sp³-hybridized carbons (Fsp3) is 0.800. The maximum Gasteiger partial charge on any atom is 0.233 e. The van der Waals surface area contributed by atoms with Gasteiger partial charge in [0.25, 0.3) is 0 Å². The molecule has 0 saturated carbocycles. The zero-order chi connectivity index (χ0) is 11.3. The van der Waals surface area contributed by atoms with Crippen molar-refractivity contribution in [1.29, 1.82) is 0 Å². The Hall–Kier alpha value is -0.940. The summed E-state index contributed by atoms with van der Waals surface area (Å²) >= 11 is 0. The SMILES string of the molecule is CCOCCc1noc(C(C)(C)CN)n1.